The zero-order chi connectivity index (χ0) is 20.7. The SMILES string of the molecule is COc1ccc(C2(CNC(=O)/C=C/c3cccc([N+](=O)[O-])c3)CCOCC2)cc1. The Morgan fingerprint density at radius 3 is 2.62 bits per heavy atom. The molecule has 1 aliphatic heterocycles. The first-order valence-electron chi connectivity index (χ1n) is 9.45. The number of carbonyl (C=O) groups excluding carboxylic acids is 1. The monoisotopic (exact) mass is 396 g/mol. The van der Waals surface area contributed by atoms with E-state index in [2.05, 4.69) is 5.32 Å². The second kappa shape index (κ2) is 9.34. The Bertz CT molecular complexity index is 886. The predicted octanol–water partition coefficient (Wildman–Crippen LogP) is 3.48. The molecule has 7 heteroatoms. The Balaban J connectivity index is 1.68. The van der Waals surface area contributed by atoms with Gasteiger partial charge >= 0.3 is 0 Å². The summed E-state index contributed by atoms with van der Waals surface area (Å²) in [6.45, 7) is 1.78. The average molecular weight is 396 g/mol. The number of nitro groups is 1. The van der Waals surface area contributed by atoms with Crippen LogP contribution >= 0.6 is 0 Å². The highest BCUT2D eigenvalue weighted by Crippen LogP contribution is 2.35. The first kappa shape index (κ1) is 20.5. The summed E-state index contributed by atoms with van der Waals surface area (Å²) in [6, 6.07) is 14.1. The predicted molar refractivity (Wildman–Crippen MR) is 110 cm³/mol. The van der Waals surface area contributed by atoms with Gasteiger partial charge in [0.2, 0.25) is 5.91 Å². The molecule has 0 saturated carbocycles. The number of benzene rings is 2. The minimum atomic E-state index is -0.457. The van der Waals surface area contributed by atoms with E-state index in [0.29, 0.717) is 25.3 Å². The van der Waals surface area contributed by atoms with Gasteiger partial charge in [-0.05, 0) is 42.2 Å². The van der Waals surface area contributed by atoms with Gasteiger partial charge < -0.3 is 14.8 Å². The molecule has 2 aromatic carbocycles. The zero-order valence-electron chi connectivity index (χ0n) is 16.3. The van der Waals surface area contributed by atoms with Crippen molar-refractivity contribution in [3.63, 3.8) is 0 Å². The fourth-order valence-corrected chi connectivity index (χ4v) is 3.50. The Morgan fingerprint density at radius 2 is 1.97 bits per heavy atom. The topological polar surface area (TPSA) is 90.7 Å². The molecular formula is C22H24N2O5. The molecule has 0 unspecified atom stereocenters. The van der Waals surface area contributed by atoms with Crippen LogP contribution < -0.4 is 10.1 Å². The van der Waals surface area contributed by atoms with Crippen LogP contribution in [0.1, 0.15) is 24.0 Å². The number of hydrogen-bond acceptors (Lipinski definition) is 5. The summed E-state index contributed by atoms with van der Waals surface area (Å²) in [7, 11) is 1.63. The van der Waals surface area contributed by atoms with Gasteiger partial charge in [-0.3, -0.25) is 14.9 Å². The minimum absolute atomic E-state index is 0.00628. The van der Waals surface area contributed by atoms with Crippen molar-refractivity contribution in [3.8, 4) is 5.75 Å². The van der Waals surface area contributed by atoms with Crippen LogP contribution in [0.3, 0.4) is 0 Å². The van der Waals surface area contributed by atoms with Gasteiger partial charge in [-0.1, -0.05) is 24.3 Å². The number of ether oxygens (including phenoxy) is 2. The van der Waals surface area contributed by atoms with Crippen LogP contribution in [0.4, 0.5) is 5.69 Å². The Hall–Kier alpha value is -3.19. The first-order valence-corrected chi connectivity index (χ1v) is 9.45. The highest BCUT2D eigenvalue weighted by Gasteiger charge is 2.34. The number of rotatable bonds is 7. The number of nitro benzene ring substituents is 1. The first-order chi connectivity index (χ1) is 14.0. The van der Waals surface area contributed by atoms with Crippen molar-refractivity contribution >= 4 is 17.7 Å². The van der Waals surface area contributed by atoms with E-state index in [4.69, 9.17) is 9.47 Å². The maximum atomic E-state index is 12.4. The fraction of sp³-hybridized carbons (Fsp3) is 0.318. The molecule has 0 radical (unpaired) electrons. The van der Waals surface area contributed by atoms with Crippen LogP contribution in [0.15, 0.2) is 54.6 Å². The molecule has 0 spiro atoms. The van der Waals surface area contributed by atoms with Crippen molar-refractivity contribution in [2.45, 2.75) is 18.3 Å². The molecule has 1 amide bonds. The molecule has 0 atom stereocenters. The average Bonchev–Trinajstić information content (AvgIpc) is 2.77. The van der Waals surface area contributed by atoms with Gasteiger partial charge in [0.25, 0.3) is 5.69 Å². The maximum absolute atomic E-state index is 12.4. The zero-order valence-corrected chi connectivity index (χ0v) is 16.3. The lowest BCUT2D eigenvalue weighted by Gasteiger charge is -2.38. The number of methoxy groups -OCH3 is 1. The van der Waals surface area contributed by atoms with Crippen molar-refractivity contribution < 1.29 is 19.2 Å². The molecular weight excluding hydrogens is 372 g/mol. The van der Waals surface area contributed by atoms with E-state index < -0.39 is 4.92 Å². The summed E-state index contributed by atoms with van der Waals surface area (Å²) in [4.78, 5) is 22.8. The van der Waals surface area contributed by atoms with Gasteiger partial charge in [0.15, 0.2) is 0 Å². The normalized spacial score (nSPS) is 15.8. The van der Waals surface area contributed by atoms with Gasteiger partial charge in [-0.25, -0.2) is 0 Å². The van der Waals surface area contributed by atoms with Crippen LogP contribution in [0.2, 0.25) is 0 Å². The molecule has 1 N–H and O–H groups in total. The summed E-state index contributed by atoms with van der Waals surface area (Å²) in [5, 5.41) is 13.8. The third kappa shape index (κ3) is 5.20. The van der Waals surface area contributed by atoms with E-state index in [1.165, 1.54) is 18.2 Å². The summed E-state index contributed by atoms with van der Waals surface area (Å²) >= 11 is 0. The molecule has 0 bridgehead atoms. The molecule has 3 rings (SSSR count). The number of nitrogens with zero attached hydrogens (tertiary/aromatic N) is 1. The lowest BCUT2D eigenvalue weighted by Crippen LogP contribution is -2.44. The Kier molecular flexibility index (Phi) is 6.61. The molecule has 1 aliphatic rings. The fourth-order valence-electron chi connectivity index (χ4n) is 3.50. The van der Waals surface area contributed by atoms with Crippen LogP contribution in [0, 0.1) is 10.1 Å². The molecule has 2 aromatic rings. The van der Waals surface area contributed by atoms with Crippen molar-refractivity contribution in [1.82, 2.24) is 5.32 Å². The number of carbonyl (C=O) groups is 1. The second-order valence-electron chi connectivity index (χ2n) is 7.02. The summed E-state index contributed by atoms with van der Waals surface area (Å²) in [5.74, 6) is 0.552. The smallest absolute Gasteiger partial charge is 0.270 e. The largest absolute Gasteiger partial charge is 0.497 e. The molecule has 1 fully saturated rings. The van der Waals surface area contributed by atoms with Crippen molar-refractivity contribution in [1.29, 1.82) is 0 Å². The molecule has 1 heterocycles. The Labute approximate surface area is 169 Å². The quantitative estimate of drug-likeness (QED) is 0.440. The molecule has 7 nitrogen and oxygen atoms in total. The minimum Gasteiger partial charge on any atom is -0.497 e. The number of nitrogens with one attached hydrogen (secondary N) is 1. The van der Waals surface area contributed by atoms with Crippen LogP contribution in [0.25, 0.3) is 6.08 Å². The van der Waals surface area contributed by atoms with Crippen LogP contribution in [0.5, 0.6) is 5.75 Å². The summed E-state index contributed by atoms with van der Waals surface area (Å²) in [6.07, 6.45) is 4.61. The standard InChI is InChI=1S/C22H24N2O5/c1-28-20-8-6-18(7-9-20)22(11-13-29-14-12-22)16-23-21(25)10-5-17-3-2-4-19(15-17)24(26)27/h2-10,15H,11-14,16H2,1H3,(H,23,25)/b10-5+. The molecule has 0 aromatic heterocycles. The van der Waals surface area contributed by atoms with E-state index in [9.17, 15) is 14.9 Å². The van der Waals surface area contributed by atoms with Gasteiger partial charge in [0.05, 0.1) is 12.0 Å². The van der Waals surface area contributed by atoms with Crippen molar-refractivity contribution in [3.05, 3.63) is 75.8 Å². The summed E-state index contributed by atoms with van der Waals surface area (Å²) in [5.41, 5.74) is 1.54. The van der Waals surface area contributed by atoms with Gasteiger partial charge in [-0.15, -0.1) is 0 Å². The lowest BCUT2D eigenvalue weighted by molar-refractivity contribution is -0.384. The highest BCUT2D eigenvalue weighted by atomic mass is 16.6. The number of amides is 1. The van der Waals surface area contributed by atoms with Gasteiger partial charge in [0, 0.05) is 43.4 Å². The third-order valence-electron chi connectivity index (χ3n) is 5.26. The van der Waals surface area contributed by atoms with E-state index in [0.717, 1.165) is 24.2 Å². The van der Waals surface area contributed by atoms with E-state index in [1.807, 2.05) is 24.3 Å². The second-order valence-corrected chi connectivity index (χ2v) is 7.02. The van der Waals surface area contributed by atoms with Gasteiger partial charge in [-0.2, -0.15) is 0 Å². The lowest BCUT2D eigenvalue weighted by atomic mass is 9.74. The van der Waals surface area contributed by atoms with Crippen molar-refractivity contribution in [2.24, 2.45) is 0 Å². The van der Waals surface area contributed by atoms with Gasteiger partial charge in [0.1, 0.15) is 5.75 Å². The molecule has 1 saturated heterocycles. The maximum Gasteiger partial charge on any atom is 0.270 e. The van der Waals surface area contributed by atoms with E-state index in [-0.39, 0.29) is 17.0 Å². The van der Waals surface area contributed by atoms with Crippen LogP contribution in [-0.2, 0) is 14.9 Å². The summed E-state index contributed by atoms with van der Waals surface area (Å²) < 4.78 is 10.8. The third-order valence-corrected chi connectivity index (χ3v) is 5.26. The molecule has 29 heavy (non-hydrogen) atoms. The molecule has 0 aliphatic carbocycles. The molecule has 152 valence electrons. The van der Waals surface area contributed by atoms with Crippen molar-refractivity contribution in [2.75, 3.05) is 26.9 Å². The number of hydrogen-bond donors (Lipinski definition) is 1. The van der Waals surface area contributed by atoms with E-state index >= 15 is 0 Å². The van der Waals surface area contributed by atoms with E-state index in [1.54, 1.807) is 25.3 Å². The van der Waals surface area contributed by atoms with Crippen LogP contribution in [-0.4, -0.2) is 37.7 Å². The number of non-ortho nitro benzene ring substituents is 1. The Morgan fingerprint density at radius 1 is 1.24 bits per heavy atom. The highest BCUT2D eigenvalue weighted by molar-refractivity contribution is 5.91.